The maximum atomic E-state index is 13.4. The summed E-state index contributed by atoms with van der Waals surface area (Å²) in [6, 6.07) is 9.20. The van der Waals surface area contributed by atoms with E-state index in [9.17, 15) is 19.2 Å². The number of likely N-dealkylation sites (tertiary alicyclic amines) is 1. The van der Waals surface area contributed by atoms with Gasteiger partial charge in [0.15, 0.2) is 5.69 Å². The molecule has 1 atom stereocenters. The van der Waals surface area contributed by atoms with Crippen molar-refractivity contribution in [2.75, 3.05) is 73.8 Å². The molecule has 4 aliphatic heterocycles. The van der Waals surface area contributed by atoms with E-state index in [2.05, 4.69) is 57.6 Å². The van der Waals surface area contributed by atoms with Crippen molar-refractivity contribution in [2.45, 2.75) is 69.9 Å². The lowest BCUT2D eigenvalue weighted by molar-refractivity contribution is -0.134. The number of nitrogens with one attached hydrogen (secondary N) is 3. The van der Waals surface area contributed by atoms with E-state index < -0.39 is 23.8 Å². The highest BCUT2D eigenvalue weighted by Gasteiger charge is 2.30. The van der Waals surface area contributed by atoms with Crippen LogP contribution in [0.4, 0.5) is 23.0 Å². The first kappa shape index (κ1) is 39.4. The third-order valence-corrected chi connectivity index (χ3v) is 12.2. The van der Waals surface area contributed by atoms with Crippen LogP contribution in [0.5, 0.6) is 5.75 Å². The van der Waals surface area contributed by atoms with E-state index in [0.717, 1.165) is 107 Å². The van der Waals surface area contributed by atoms with E-state index in [1.54, 1.807) is 6.07 Å². The van der Waals surface area contributed by atoms with Gasteiger partial charge in [0.2, 0.25) is 17.8 Å². The Morgan fingerprint density at radius 1 is 0.948 bits per heavy atom. The Balaban J connectivity index is 0.858. The molecule has 4 fully saturated rings. The lowest BCUT2D eigenvalue weighted by atomic mass is 9.94. The van der Waals surface area contributed by atoms with E-state index in [1.165, 1.54) is 19.7 Å². The van der Waals surface area contributed by atoms with Crippen molar-refractivity contribution in [3.63, 3.8) is 0 Å². The largest absolute Gasteiger partial charge is 0.496 e. The Labute approximate surface area is 341 Å². The molecule has 17 heteroatoms. The van der Waals surface area contributed by atoms with Crippen LogP contribution in [0.3, 0.4) is 0 Å². The third-order valence-electron chi connectivity index (χ3n) is 12.0. The van der Waals surface area contributed by atoms with E-state index in [-0.39, 0.29) is 41.5 Å². The molecule has 5 N–H and O–H groups in total. The molecular formula is C41H50ClN11O5. The summed E-state index contributed by atoms with van der Waals surface area (Å²) in [5.74, 6) is -0.632. The van der Waals surface area contributed by atoms with Crippen molar-refractivity contribution in [1.82, 2.24) is 35.3 Å². The number of carbonyl (C=O) groups is 4. The van der Waals surface area contributed by atoms with Crippen LogP contribution in [0.15, 0.2) is 42.7 Å². The number of ether oxygens (including phenoxy) is 1. The minimum absolute atomic E-state index is 0.0143. The number of nitrogens with two attached hydrogens (primary N) is 1. The van der Waals surface area contributed by atoms with Gasteiger partial charge in [-0.2, -0.15) is 5.10 Å². The van der Waals surface area contributed by atoms with Crippen molar-refractivity contribution in [3.8, 4) is 5.75 Å². The molecule has 0 spiro atoms. The van der Waals surface area contributed by atoms with Crippen LogP contribution in [0.25, 0.3) is 10.9 Å². The number of methoxy groups -OCH3 is 1. The van der Waals surface area contributed by atoms with Gasteiger partial charge in [-0.05, 0) is 81.5 Å². The molecule has 6 heterocycles. The fraction of sp³-hybridized carbons (Fsp3) is 0.488. The molecule has 0 bridgehead atoms. The maximum absolute atomic E-state index is 13.4. The molecule has 306 valence electrons. The zero-order chi connectivity index (χ0) is 40.3. The van der Waals surface area contributed by atoms with Crippen molar-refractivity contribution in [1.29, 1.82) is 0 Å². The second kappa shape index (κ2) is 17.2. The zero-order valence-corrected chi connectivity index (χ0v) is 33.5. The first-order valence-corrected chi connectivity index (χ1v) is 20.7. The minimum Gasteiger partial charge on any atom is -0.496 e. The summed E-state index contributed by atoms with van der Waals surface area (Å²) >= 11 is 6.27. The quantitative estimate of drug-likeness (QED) is 0.165. The van der Waals surface area contributed by atoms with Crippen molar-refractivity contribution < 1.29 is 23.9 Å². The number of aromatic nitrogens is 4. The molecule has 2 aromatic heterocycles. The Hall–Kier alpha value is -5.48. The monoisotopic (exact) mass is 811 g/mol. The lowest BCUT2D eigenvalue weighted by Gasteiger charge is -2.38. The van der Waals surface area contributed by atoms with Crippen molar-refractivity contribution in [2.24, 2.45) is 5.92 Å². The van der Waals surface area contributed by atoms with E-state index in [0.29, 0.717) is 22.9 Å². The molecule has 4 aliphatic rings. The Kier molecular flexibility index (Phi) is 11.6. The van der Waals surface area contributed by atoms with Gasteiger partial charge in [-0.25, -0.2) is 9.97 Å². The fourth-order valence-corrected chi connectivity index (χ4v) is 8.90. The minimum atomic E-state index is -0.752. The number of rotatable bonds is 10. The summed E-state index contributed by atoms with van der Waals surface area (Å²) in [6.45, 7) is 6.71. The number of imide groups is 1. The number of amides is 4. The predicted molar refractivity (Wildman–Crippen MR) is 221 cm³/mol. The molecule has 2 aromatic carbocycles. The molecular weight excluding hydrogens is 762 g/mol. The van der Waals surface area contributed by atoms with E-state index >= 15 is 0 Å². The van der Waals surface area contributed by atoms with Crippen LogP contribution >= 0.6 is 11.6 Å². The Morgan fingerprint density at radius 2 is 1.72 bits per heavy atom. The van der Waals surface area contributed by atoms with E-state index in [4.69, 9.17) is 27.2 Å². The van der Waals surface area contributed by atoms with Crippen LogP contribution in [-0.4, -0.2) is 107 Å². The van der Waals surface area contributed by atoms with Crippen molar-refractivity contribution >= 4 is 69.1 Å². The summed E-state index contributed by atoms with van der Waals surface area (Å²) in [6.07, 6.45) is 11.4. The highest BCUT2D eigenvalue weighted by Crippen LogP contribution is 2.36. The molecule has 4 aromatic rings. The number of hydrogen-bond acceptors (Lipinski definition) is 12. The van der Waals surface area contributed by atoms with Gasteiger partial charge in [-0.15, -0.1) is 0 Å². The number of anilines is 4. The lowest BCUT2D eigenvalue weighted by Crippen LogP contribution is -2.52. The highest BCUT2D eigenvalue weighted by molar-refractivity contribution is 6.34. The second-order valence-corrected chi connectivity index (χ2v) is 16.2. The third kappa shape index (κ3) is 8.67. The number of piperidine rings is 4. The molecule has 0 aliphatic carbocycles. The molecule has 0 radical (unpaired) electrons. The summed E-state index contributed by atoms with van der Waals surface area (Å²) in [4.78, 5) is 65.3. The van der Waals surface area contributed by atoms with Gasteiger partial charge in [-0.3, -0.25) is 29.2 Å². The Morgan fingerprint density at radius 3 is 2.47 bits per heavy atom. The van der Waals surface area contributed by atoms with Crippen LogP contribution in [0, 0.1) is 5.92 Å². The highest BCUT2D eigenvalue weighted by atomic mass is 35.5. The molecule has 0 saturated carbocycles. The SMILES string of the molecule is COc1cc(N2CCC(CN3CCC(n4cc5cc(NC(=O)c6nc(N)ncc6Cl)c(N6CCCCC6)cc5n4)CC3)CC2)ccc1C(=O)N[C@H]1CCC(=O)NC1=O. The van der Waals surface area contributed by atoms with Gasteiger partial charge in [0.1, 0.15) is 11.8 Å². The molecule has 4 amide bonds. The van der Waals surface area contributed by atoms with Crippen LogP contribution in [0.1, 0.15) is 84.7 Å². The van der Waals surface area contributed by atoms with E-state index in [1.807, 2.05) is 18.2 Å². The van der Waals surface area contributed by atoms with Gasteiger partial charge in [-0.1, -0.05) is 11.6 Å². The number of hydrogen-bond donors (Lipinski definition) is 4. The first-order valence-electron chi connectivity index (χ1n) is 20.3. The maximum Gasteiger partial charge on any atom is 0.276 e. The number of benzene rings is 2. The predicted octanol–water partition coefficient (Wildman–Crippen LogP) is 4.40. The number of nitrogens with zero attached hydrogens (tertiary/aromatic N) is 7. The summed E-state index contributed by atoms with van der Waals surface area (Å²) < 4.78 is 7.72. The number of nitrogen functional groups attached to an aromatic ring is 1. The summed E-state index contributed by atoms with van der Waals surface area (Å²) in [7, 11) is 1.54. The first-order chi connectivity index (χ1) is 28.1. The number of carbonyl (C=O) groups excluding carboxylic acids is 4. The second-order valence-electron chi connectivity index (χ2n) is 15.8. The zero-order valence-electron chi connectivity index (χ0n) is 32.7. The van der Waals surface area contributed by atoms with Crippen LogP contribution < -0.4 is 36.2 Å². The van der Waals surface area contributed by atoms with Crippen LogP contribution in [0.2, 0.25) is 5.02 Å². The summed E-state index contributed by atoms with van der Waals surface area (Å²) in [5, 5.41) is 14.2. The standard InChI is InChI=1S/C41H50ClN11O5/c1-58-35-20-28(5-6-29(35)38(55)45-31-7-8-36(54)47-39(31)56)51-17-9-25(10-18-51)23-50-15-11-27(12-16-50)53-24-26-19-33(46-40(57)37-30(42)22-44-41(43)48-37)34(21-32(26)49-53)52-13-3-2-4-14-52/h5-6,19-22,24-25,27,31H,2-4,7-18,23H2,1H3,(H,45,55)(H,46,57)(H2,43,44,48)(H,47,54,56)/t31-/m0/s1. The topological polar surface area (TPSA) is 193 Å². The number of fused-ring (bicyclic) bond motifs is 1. The average molecular weight is 812 g/mol. The van der Waals surface area contributed by atoms with Crippen LogP contribution in [-0.2, 0) is 9.59 Å². The van der Waals surface area contributed by atoms with Gasteiger partial charge in [0.05, 0.1) is 46.8 Å². The number of halogens is 1. The molecule has 0 unspecified atom stereocenters. The Bertz CT molecular complexity index is 2190. The van der Waals surface area contributed by atoms with Gasteiger partial charge in [0, 0.05) is 75.6 Å². The average Bonchev–Trinajstić information content (AvgIpc) is 3.66. The fourth-order valence-electron chi connectivity index (χ4n) is 8.72. The van der Waals surface area contributed by atoms with Gasteiger partial charge in [0.25, 0.3) is 11.8 Å². The molecule has 16 nitrogen and oxygen atoms in total. The molecule has 58 heavy (non-hydrogen) atoms. The summed E-state index contributed by atoms with van der Waals surface area (Å²) in [5.41, 5.74) is 9.69. The molecule has 4 saturated heterocycles. The van der Waals surface area contributed by atoms with Gasteiger partial charge >= 0.3 is 0 Å². The molecule has 8 rings (SSSR count). The smallest absolute Gasteiger partial charge is 0.276 e. The van der Waals surface area contributed by atoms with Gasteiger partial charge < -0.3 is 35.8 Å². The van der Waals surface area contributed by atoms with Crippen molar-refractivity contribution in [3.05, 3.63) is 59.0 Å². The normalized spacial score (nSPS) is 19.9.